The maximum absolute atomic E-state index is 12.4. The van der Waals surface area contributed by atoms with Crippen LogP contribution in [0.3, 0.4) is 0 Å². The summed E-state index contributed by atoms with van der Waals surface area (Å²) in [4.78, 5) is 13.7. The summed E-state index contributed by atoms with van der Waals surface area (Å²) in [6.45, 7) is 10.6. The summed E-state index contributed by atoms with van der Waals surface area (Å²) in [5.41, 5.74) is 4.08. The molecule has 1 N–H and O–H groups in total. The molecular formula is C21H23ClN4OS2. The first kappa shape index (κ1) is 21.6. The van der Waals surface area contributed by atoms with Crippen LogP contribution < -0.4 is 5.32 Å². The Morgan fingerprint density at radius 3 is 2.90 bits per heavy atom. The van der Waals surface area contributed by atoms with Gasteiger partial charge in [0.25, 0.3) is 0 Å². The Bertz CT molecular complexity index is 1040. The van der Waals surface area contributed by atoms with Crippen molar-refractivity contribution < 1.29 is 4.79 Å². The van der Waals surface area contributed by atoms with E-state index in [4.69, 9.17) is 11.6 Å². The topological polar surface area (TPSA) is 59.8 Å². The molecule has 5 nitrogen and oxygen atoms in total. The normalized spacial score (nSPS) is 10.9. The second-order valence-corrected chi connectivity index (χ2v) is 9.00. The third-order valence-corrected chi connectivity index (χ3v) is 6.69. The molecule has 29 heavy (non-hydrogen) atoms. The number of anilines is 1. The van der Waals surface area contributed by atoms with Crippen LogP contribution in [0.4, 0.5) is 5.69 Å². The van der Waals surface area contributed by atoms with Crippen LogP contribution in [0, 0.1) is 13.8 Å². The van der Waals surface area contributed by atoms with E-state index in [2.05, 4.69) is 41.3 Å². The van der Waals surface area contributed by atoms with Gasteiger partial charge in [-0.3, -0.25) is 9.36 Å². The minimum absolute atomic E-state index is 0.115. The standard InChI is InChI=1S/C21H23ClN4OS2/c1-5-9-26-20(17-11-28-14(4)16(17)6-2)24-25-21(26)29-12-19(27)23-18-10-15(22)8-7-13(18)3/h5,7-8,10-11H,1,6,9,12H2,2-4H3,(H,23,27). The summed E-state index contributed by atoms with van der Waals surface area (Å²) in [5.74, 6) is 0.931. The number of halogens is 1. The molecule has 1 aromatic carbocycles. The predicted molar refractivity (Wildman–Crippen MR) is 123 cm³/mol. The van der Waals surface area contributed by atoms with Crippen LogP contribution in [0.1, 0.15) is 22.9 Å². The average Bonchev–Trinajstić information content (AvgIpc) is 3.26. The highest BCUT2D eigenvalue weighted by Crippen LogP contribution is 2.32. The van der Waals surface area contributed by atoms with Gasteiger partial charge in [-0.2, -0.15) is 0 Å². The first-order chi connectivity index (χ1) is 13.9. The summed E-state index contributed by atoms with van der Waals surface area (Å²) < 4.78 is 2.01. The van der Waals surface area contributed by atoms with Crippen LogP contribution in [0.2, 0.25) is 5.02 Å². The third-order valence-electron chi connectivity index (χ3n) is 4.53. The average molecular weight is 447 g/mol. The van der Waals surface area contributed by atoms with Crippen LogP contribution >= 0.6 is 34.7 Å². The van der Waals surface area contributed by atoms with Crippen molar-refractivity contribution in [2.24, 2.45) is 0 Å². The number of aromatic nitrogens is 3. The van der Waals surface area contributed by atoms with Crippen LogP contribution in [0.25, 0.3) is 11.4 Å². The maximum atomic E-state index is 12.4. The molecule has 0 saturated heterocycles. The Kier molecular flexibility index (Phi) is 7.16. The summed E-state index contributed by atoms with van der Waals surface area (Å²) in [7, 11) is 0. The second-order valence-electron chi connectivity index (χ2n) is 6.54. The number of aryl methyl sites for hydroxylation is 2. The smallest absolute Gasteiger partial charge is 0.234 e. The zero-order valence-electron chi connectivity index (χ0n) is 16.7. The molecule has 0 fully saturated rings. The van der Waals surface area contributed by atoms with Gasteiger partial charge in [0.1, 0.15) is 0 Å². The van der Waals surface area contributed by atoms with Crippen molar-refractivity contribution >= 4 is 46.3 Å². The molecule has 0 aliphatic carbocycles. The molecule has 0 aliphatic heterocycles. The van der Waals surface area contributed by atoms with Gasteiger partial charge in [0.2, 0.25) is 5.91 Å². The molecule has 0 aliphatic rings. The van der Waals surface area contributed by atoms with Crippen LogP contribution in [0.15, 0.2) is 41.4 Å². The van der Waals surface area contributed by atoms with Gasteiger partial charge in [0, 0.05) is 33.1 Å². The molecule has 0 unspecified atom stereocenters. The lowest BCUT2D eigenvalue weighted by Gasteiger charge is -2.10. The van der Waals surface area contributed by atoms with Crippen molar-refractivity contribution in [3.05, 3.63) is 57.3 Å². The Morgan fingerprint density at radius 2 is 2.17 bits per heavy atom. The number of thioether (sulfide) groups is 1. The van der Waals surface area contributed by atoms with Gasteiger partial charge < -0.3 is 5.32 Å². The quantitative estimate of drug-likeness (QED) is 0.353. The number of carbonyl (C=O) groups is 1. The van der Waals surface area contributed by atoms with Crippen molar-refractivity contribution in [2.45, 2.75) is 38.9 Å². The van der Waals surface area contributed by atoms with E-state index in [1.807, 2.05) is 23.6 Å². The minimum Gasteiger partial charge on any atom is -0.325 e. The fraction of sp³-hybridized carbons (Fsp3) is 0.286. The number of benzene rings is 1. The number of thiophene rings is 1. The molecule has 8 heteroatoms. The highest BCUT2D eigenvalue weighted by molar-refractivity contribution is 7.99. The van der Waals surface area contributed by atoms with Crippen LogP contribution in [-0.4, -0.2) is 26.4 Å². The highest BCUT2D eigenvalue weighted by atomic mass is 35.5. The van der Waals surface area contributed by atoms with E-state index < -0.39 is 0 Å². The number of hydrogen-bond donors (Lipinski definition) is 1. The van der Waals surface area contributed by atoms with E-state index in [0.29, 0.717) is 16.7 Å². The lowest BCUT2D eigenvalue weighted by atomic mass is 10.1. The van der Waals surface area contributed by atoms with Crippen molar-refractivity contribution in [1.29, 1.82) is 0 Å². The van der Waals surface area contributed by atoms with Gasteiger partial charge >= 0.3 is 0 Å². The molecule has 152 valence electrons. The molecule has 2 aromatic heterocycles. The van der Waals surface area contributed by atoms with Gasteiger partial charge in [-0.15, -0.1) is 28.1 Å². The van der Waals surface area contributed by atoms with Gasteiger partial charge in [0.15, 0.2) is 11.0 Å². The molecule has 0 saturated carbocycles. The minimum atomic E-state index is -0.115. The number of rotatable bonds is 8. The van der Waals surface area contributed by atoms with Crippen LogP contribution in [-0.2, 0) is 17.8 Å². The molecule has 0 radical (unpaired) electrons. The summed E-state index contributed by atoms with van der Waals surface area (Å²) >= 11 is 9.11. The zero-order valence-corrected chi connectivity index (χ0v) is 19.0. The van der Waals surface area contributed by atoms with E-state index in [9.17, 15) is 4.79 Å². The fourth-order valence-corrected chi connectivity index (χ4v) is 4.90. The molecule has 0 atom stereocenters. The number of nitrogens with one attached hydrogen (secondary N) is 1. The van der Waals surface area contributed by atoms with Crippen molar-refractivity contribution in [3.8, 4) is 11.4 Å². The van der Waals surface area contributed by atoms with E-state index >= 15 is 0 Å². The van der Waals surface area contributed by atoms with Crippen molar-refractivity contribution in [2.75, 3.05) is 11.1 Å². The van der Waals surface area contributed by atoms with Gasteiger partial charge in [-0.05, 0) is 43.5 Å². The highest BCUT2D eigenvalue weighted by Gasteiger charge is 2.19. The van der Waals surface area contributed by atoms with E-state index in [1.54, 1.807) is 23.5 Å². The van der Waals surface area contributed by atoms with E-state index in [1.165, 1.54) is 22.2 Å². The lowest BCUT2D eigenvalue weighted by Crippen LogP contribution is -2.15. The molecule has 0 bridgehead atoms. The van der Waals surface area contributed by atoms with Gasteiger partial charge in [-0.1, -0.05) is 42.4 Å². The monoisotopic (exact) mass is 446 g/mol. The largest absolute Gasteiger partial charge is 0.325 e. The Hall–Kier alpha value is -2.09. The summed E-state index contributed by atoms with van der Waals surface area (Å²) in [6, 6.07) is 5.44. The van der Waals surface area contributed by atoms with Crippen LogP contribution in [0.5, 0.6) is 0 Å². The SMILES string of the molecule is C=CCn1c(SCC(=O)Nc2cc(Cl)ccc2C)nnc1-c1csc(C)c1CC. The Morgan fingerprint density at radius 1 is 1.38 bits per heavy atom. The number of allylic oxidation sites excluding steroid dienone is 1. The number of nitrogens with zero attached hydrogens (tertiary/aromatic N) is 3. The van der Waals surface area contributed by atoms with E-state index in [-0.39, 0.29) is 11.7 Å². The summed E-state index contributed by atoms with van der Waals surface area (Å²) in [6.07, 6.45) is 2.76. The molecule has 1 amide bonds. The van der Waals surface area contributed by atoms with Crippen molar-refractivity contribution in [1.82, 2.24) is 14.8 Å². The third kappa shape index (κ3) is 4.91. The molecular weight excluding hydrogens is 424 g/mol. The molecule has 3 rings (SSSR count). The first-order valence-corrected chi connectivity index (χ1v) is 11.5. The second kappa shape index (κ2) is 9.61. The van der Waals surface area contributed by atoms with Gasteiger partial charge in [-0.25, -0.2) is 0 Å². The van der Waals surface area contributed by atoms with Gasteiger partial charge in [0.05, 0.1) is 5.75 Å². The first-order valence-electron chi connectivity index (χ1n) is 9.24. The number of hydrogen-bond acceptors (Lipinski definition) is 5. The number of amides is 1. The predicted octanol–water partition coefficient (Wildman–Crippen LogP) is 5.76. The fourth-order valence-electron chi connectivity index (χ4n) is 3.04. The Balaban J connectivity index is 1.77. The van der Waals surface area contributed by atoms with E-state index in [0.717, 1.165) is 29.1 Å². The summed E-state index contributed by atoms with van der Waals surface area (Å²) in [5, 5.41) is 15.1. The molecule has 2 heterocycles. The Labute approximate surface area is 184 Å². The molecule has 0 spiro atoms. The molecule has 3 aromatic rings. The number of carbonyl (C=O) groups excluding carboxylic acids is 1. The lowest BCUT2D eigenvalue weighted by molar-refractivity contribution is -0.113. The zero-order chi connectivity index (χ0) is 21.0. The maximum Gasteiger partial charge on any atom is 0.234 e. The van der Waals surface area contributed by atoms with Crippen molar-refractivity contribution in [3.63, 3.8) is 0 Å².